The minimum atomic E-state index is -4.84. The van der Waals surface area contributed by atoms with Crippen LogP contribution in [-0.2, 0) is 16.2 Å². The number of hydrogen-bond acceptors (Lipinski definition) is 7. The van der Waals surface area contributed by atoms with Gasteiger partial charge in [0.1, 0.15) is 5.82 Å². The van der Waals surface area contributed by atoms with Gasteiger partial charge in [0.25, 0.3) is 15.9 Å². The molecule has 2 aromatic carbocycles. The number of benzene rings is 2. The number of amides is 1. The van der Waals surface area contributed by atoms with Gasteiger partial charge < -0.3 is 5.32 Å². The quantitative estimate of drug-likeness (QED) is 0.264. The molecular formula is C24H14ClF4N7O3S. The normalized spacial score (nSPS) is 11.9. The number of fused-ring (bicyclic) bond motifs is 1. The van der Waals surface area contributed by atoms with Crippen LogP contribution in [0.4, 0.5) is 29.1 Å². The molecule has 0 saturated carbocycles. The molecule has 0 aliphatic carbocycles. The molecule has 0 aliphatic rings. The lowest BCUT2D eigenvalue weighted by atomic mass is 10.1. The van der Waals surface area contributed by atoms with Crippen LogP contribution in [0.5, 0.6) is 0 Å². The standard InChI is InChI=1S/C24H14ClF4N7O3S/c25-20-9-10-21(33-32-20)35-40(38,39)16-7-5-15(6-8-16)30-23(37)18-12-22-31-17(13-1-3-14(26)4-2-13)11-19(24(27,28)29)36(22)34-18/h1-12H,(H,30,37)(H,33,35). The third-order valence-electron chi connectivity index (χ3n) is 5.38. The predicted octanol–water partition coefficient (Wildman–Crippen LogP) is 5.05. The fraction of sp³-hybridized carbons (Fsp3) is 0.0417. The Morgan fingerprint density at radius 1 is 0.925 bits per heavy atom. The van der Waals surface area contributed by atoms with Gasteiger partial charge in [0.05, 0.1) is 10.6 Å². The van der Waals surface area contributed by atoms with E-state index in [1.807, 2.05) is 0 Å². The van der Waals surface area contributed by atoms with Crippen molar-refractivity contribution in [3.05, 3.63) is 95.2 Å². The molecule has 0 spiro atoms. The van der Waals surface area contributed by atoms with Gasteiger partial charge >= 0.3 is 6.18 Å². The maximum Gasteiger partial charge on any atom is 0.433 e. The lowest BCUT2D eigenvalue weighted by molar-refractivity contribution is -0.142. The number of halogens is 5. The number of carbonyl (C=O) groups is 1. The molecule has 0 aliphatic heterocycles. The van der Waals surface area contributed by atoms with E-state index in [1.54, 1.807) is 0 Å². The second-order valence-corrected chi connectivity index (χ2v) is 10.2. The van der Waals surface area contributed by atoms with Crippen molar-refractivity contribution >= 4 is 44.7 Å². The Labute approximate surface area is 227 Å². The minimum absolute atomic E-state index is 0.0666. The van der Waals surface area contributed by atoms with Crippen molar-refractivity contribution in [1.29, 1.82) is 0 Å². The van der Waals surface area contributed by atoms with Crippen LogP contribution in [0.3, 0.4) is 0 Å². The van der Waals surface area contributed by atoms with Gasteiger partial charge in [0.2, 0.25) is 0 Å². The fourth-order valence-electron chi connectivity index (χ4n) is 3.54. The maximum atomic E-state index is 13.8. The molecule has 16 heteroatoms. The van der Waals surface area contributed by atoms with Gasteiger partial charge in [0, 0.05) is 17.3 Å². The Hall–Kier alpha value is -4.63. The number of anilines is 2. The summed E-state index contributed by atoms with van der Waals surface area (Å²) in [6.07, 6.45) is -4.84. The van der Waals surface area contributed by atoms with Crippen LogP contribution in [0.25, 0.3) is 16.9 Å². The second-order valence-electron chi connectivity index (χ2n) is 8.16. The number of nitrogens with one attached hydrogen (secondary N) is 2. The van der Waals surface area contributed by atoms with E-state index in [-0.39, 0.29) is 44.2 Å². The van der Waals surface area contributed by atoms with Crippen LogP contribution in [0.15, 0.2) is 77.7 Å². The third kappa shape index (κ3) is 5.69. The molecule has 204 valence electrons. The summed E-state index contributed by atoms with van der Waals surface area (Å²) in [4.78, 5) is 16.8. The number of alkyl halides is 3. The van der Waals surface area contributed by atoms with Crippen LogP contribution >= 0.6 is 11.6 Å². The molecule has 5 aromatic rings. The largest absolute Gasteiger partial charge is 0.433 e. The zero-order valence-electron chi connectivity index (χ0n) is 19.7. The lowest BCUT2D eigenvalue weighted by Crippen LogP contribution is -2.16. The molecule has 10 nitrogen and oxygen atoms in total. The Morgan fingerprint density at radius 2 is 1.62 bits per heavy atom. The van der Waals surface area contributed by atoms with Crippen molar-refractivity contribution in [2.24, 2.45) is 0 Å². The summed E-state index contributed by atoms with van der Waals surface area (Å²) < 4.78 is 82.6. The monoisotopic (exact) mass is 591 g/mol. The van der Waals surface area contributed by atoms with Crippen molar-refractivity contribution in [3.8, 4) is 11.3 Å². The molecule has 3 heterocycles. The highest BCUT2D eigenvalue weighted by atomic mass is 35.5. The van der Waals surface area contributed by atoms with Gasteiger partial charge in [-0.1, -0.05) is 11.6 Å². The molecule has 0 fully saturated rings. The number of sulfonamides is 1. The van der Waals surface area contributed by atoms with E-state index in [4.69, 9.17) is 11.6 Å². The molecule has 0 bridgehead atoms. The molecule has 3 aromatic heterocycles. The van der Waals surface area contributed by atoms with Gasteiger partial charge in [-0.2, -0.15) is 18.3 Å². The predicted molar refractivity (Wildman–Crippen MR) is 136 cm³/mol. The van der Waals surface area contributed by atoms with Gasteiger partial charge in [0.15, 0.2) is 28.0 Å². The lowest BCUT2D eigenvalue weighted by Gasteiger charge is -2.11. The smallest absolute Gasteiger partial charge is 0.321 e. The summed E-state index contributed by atoms with van der Waals surface area (Å²) in [6, 6.07) is 14.2. The number of carbonyl (C=O) groups excluding carboxylic acids is 1. The van der Waals surface area contributed by atoms with E-state index in [0.29, 0.717) is 4.52 Å². The summed E-state index contributed by atoms with van der Waals surface area (Å²) in [5.41, 5.74) is -1.56. The molecule has 0 saturated heterocycles. The minimum Gasteiger partial charge on any atom is -0.321 e. The Morgan fingerprint density at radius 3 is 2.25 bits per heavy atom. The highest BCUT2D eigenvalue weighted by Crippen LogP contribution is 2.32. The van der Waals surface area contributed by atoms with Crippen LogP contribution in [0.2, 0.25) is 5.15 Å². The van der Waals surface area contributed by atoms with E-state index >= 15 is 0 Å². The Balaban J connectivity index is 1.39. The van der Waals surface area contributed by atoms with Gasteiger partial charge in [-0.3, -0.25) is 9.52 Å². The second kappa shape index (κ2) is 10.2. The molecule has 0 unspecified atom stereocenters. The topological polar surface area (TPSA) is 131 Å². The first-order valence-corrected chi connectivity index (χ1v) is 12.9. The number of hydrogen-bond donors (Lipinski definition) is 2. The summed E-state index contributed by atoms with van der Waals surface area (Å²) in [6.45, 7) is 0. The van der Waals surface area contributed by atoms with Crippen molar-refractivity contribution in [3.63, 3.8) is 0 Å². The molecule has 1 amide bonds. The highest BCUT2D eigenvalue weighted by molar-refractivity contribution is 7.92. The van der Waals surface area contributed by atoms with Crippen LogP contribution in [0.1, 0.15) is 16.2 Å². The van der Waals surface area contributed by atoms with E-state index in [0.717, 1.165) is 24.3 Å². The first-order chi connectivity index (χ1) is 18.9. The summed E-state index contributed by atoms with van der Waals surface area (Å²) in [5, 5.41) is 13.5. The van der Waals surface area contributed by atoms with Crippen molar-refractivity contribution < 1.29 is 30.8 Å². The first-order valence-electron chi connectivity index (χ1n) is 11.1. The van der Waals surface area contributed by atoms with E-state index in [1.165, 1.54) is 48.5 Å². The van der Waals surface area contributed by atoms with E-state index in [9.17, 15) is 30.8 Å². The van der Waals surface area contributed by atoms with E-state index in [2.05, 4.69) is 30.3 Å². The van der Waals surface area contributed by atoms with Crippen LogP contribution in [-0.4, -0.2) is 39.1 Å². The molecule has 5 rings (SSSR count). The van der Waals surface area contributed by atoms with Crippen molar-refractivity contribution in [2.45, 2.75) is 11.1 Å². The number of aromatic nitrogens is 5. The Bertz CT molecular complexity index is 1830. The van der Waals surface area contributed by atoms with Crippen LogP contribution < -0.4 is 10.0 Å². The maximum absolute atomic E-state index is 13.8. The zero-order chi connectivity index (χ0) is 28.7. The third-order valence-corrected chi connectivity index (χ3v) is 6.96. The number of rotatable bonds is 6. The van der Waals surface area contributed by atoms with Crippen molar-refractivity contribution in [1.82, 2.24) is 24.8 Å². The first kappa shape index (κ1) is 27.0. The number of nitrogens with zero attached hydrogens (tertiary/aromatic N) is 5. The molecule has 0 atom stereocenters. The average molecular weight is 592 g/mol. The summed E-state index contributed by atoms with van der Waals surface area (Å²) >= 11 is 5.63. The molecular weight excluding hydrogens is 578 g/mol. The molecule has 0 radical (unpaired) electrons. The average Bonchev–Trinajstić information content (AvgIpc) is 3.34. The molecule has 2 N–H and O–H groups in total. The highest BCUT2D eigenvalue weighted by Gasteiger charge is 2.35. The Kier molecular flexibility index (Phi) is 6.85. The van der Waals surface area contributed by atoms with Crippen LogP contribution in [0, 0.1) is 5.82 Å². The zero-order valence-corrected chi connectivity index (χ0v) is 21.3. The summed E-state index contributed by atoms with van der Waals surface area (Å²) in [5.74, 6) is -1.50. The fourth-order valence-corrected chi connectivity index (χ4v) is 4.63. The van der Waals surface area contributed by atoms with Crippen molar-refractivity contribution in [2.75, 3.05) is 10.0 Å². The van der Waals surface area contributed by atoms with Gasteiger partial charge in [-0.15, -0.1) is 10.2 Å². The molecule has 40 heavy (non-hydrogen) atoms. The van der Waals surface area contributed by atoms with Gasteiger partial charge in [-0.25, -0.2) is 22.3 Å². The van der Waals surface area contributed by atoms with E-state index < -0.39 is 33.6 Å². The SMILES string of the molecule is O=C(Nc1ccc(S(=O)(=O)Nc2ccc(Cl)nn2)cc1)c1cc2nc(-c3ccc(F)cc3)cc(C(F)(F)F)n2n1. The van der Waals surface area contributed by atoms with Gasteiger partial charge in [-0.05, 0) is 66.7 Å². The summed E-state index contributed by atoms with van der Waals surface area (Å²) in [7, 11) is -4.05.